The van der Waals surface area contributed by atoms with Crippen molar-refractivity contribution in [1.29, 1.82) is 0 Å². The molecule has 0 radical (unpaired) electrons. The molecule has 5 heterocycles. The summed E-state index contributed by atoms with van der Waals surface area (Å²) in [5.41, 5.74) is 8.66. The molecule has 3 aromatic rings. The van der Waals surface area contributed by atoms with Crippen molar-refractivity contribution in [2.24, 2.45) is 0 Å². The standard InChI is InChI=1S/C21H24F3N7/c1-12-9-27-28-18(12)13(2)30-5-3-20(11-30)4-6-31-17(20)8-16(29-31)14-7-15(21(22,23)24)19(25)26-10-14/h7-10,13H,3-6,11H2,1-2H3,(H2,25,26)(H,27,28)/t13?,20-/m1/s1. The maximum absolute atomic E-state index is 13.3. The zero-order valence-corrected chi connectivity index (χ0v) is 17.4. The Morgan fingerprint density at radius 3 is 2.68 bits per heavy atom. The topological polar surface area (TPSA) is 88.7 Å². The van der Waals surface area contributed by atoms with Crippen LogP contribution >= 0.6 is 0 Å². The lowest BCUT2D eigenvalue weighted by Crippen LogP contribution is -2.31. The average Bonchev–Trinajstić information content (AvgIpc) is 3.47. The fourth-order valence-corrected chi connectivity index (χ4v) is 5.06. The Balaban J connectivity index is 1.44. The number of nitrogens with two attached hydrogens (primary N) is 1. The molecule has 2 aliphatic rings. The minimum Gasteiger partial charge on any atom is -0.383 e. The SMILES string of the molecule is Cc1cn[nH]c1C(C)N1CC[C@@]2(CCn3nc(-c4cnc(N)c(C(F)(F)F)c4)cc32)C1. The molecule has 7 nitrogen and oxygen atoms in total. The number of aromatic amines is 1. The molecule has 0 aromatic carbocycles. The van der Waals surface area contributed by atoms with Crippen molar-refractivity contribution in [3.8, 4) is 11.3 Å². The van der Waals surface area contributed by atoms with Crippen molar-refractivity contribution >= 4 is 5.82 Å². The number of likely N-dealkylation sites (tertiary alicyclic amines) is 1. The summed E-state index contributed by atoms with van der Waals surface area (Å²) < 4.78 is 41.7. The second-order valence-electron chi connectivity index (χ2n) is 8.69. The summed E-state index contributed by atoms with van der Waals surface area (Å²) in [6.07, 6.45) is 0.617. The Bertz CT molecular complexity index is 1130. The summed E-state index contributed by atoms with van der Waals surface area (Å²) in [4.78, 5) is 6.20. The van der Waals surface area contributed by atoms with Crippen molar-refractivity contribution in [1.82, 2.24) is 29.9 Å². The van der Waals surface area contributed by atoms with Gasteiger partial charge in [-0.15, -0.1) is 0 Å². The second kappa shape index (κ2) is 6.81. The van der Waals surface area contributed by atoms with Gasteiger partial charge in [-0.1, -0.05) is 0 Å². The van der Waals surface area contributed by atoms with Gasteiger partial charge in [-0.2, -0.15) is 23.4 Å². The maximum Gasteiger partial charge on any atom is 0.419 e. The Hall–Kier alpha value is -2.88. The first kappa shape index (κ1) is 20.0. The zero-order valence-electron chi connectivity index (χ0n) is 17.4. The van der Waals surface area contributed by atoms with Crippen LogP contribution in [0.1, 0.15) is 48.3 Å². The first-order valence-corrected chi connectivity index (χ1v) is 10.3. The normalized spacial score (nSPS) is 22.4. The molecule has 2 aliphatic heterocycles. The Morgan fingerprint density at radius 2 is 1.97 bits per heavy atom. The number of rotatable bonds is 3. The molecular formula is C21H24F3N7. The number of pyridine rings is 1. The number of nitrogens with zero attached hydrogens (tertiary/aromatic N) is 5. The van der Waals surface area contributed by atoms with Gasteiger partial charge in [0.2, 0.25) is 0 Å². The van der Waals surface area contributed by atoms with E-state index in [-0.39, 0.29) is 11.5 Å². The van der Waals surface area contributed by atoms with Crippen LogP contribution in [0.4, 0.5) is 19.0 Å². The Kier molecular flexibility index (Phi) is 4.40. The predicted molar refractivity (Wildman–Crippen MR) is 109 cm³/mol. The van der Waals surface area contributed by atoms with Crippen molar-refractivity contribution in [2.45, 2.75) is 50.9 Å². The third-order valence-electron chi connectivity index (χ3n) is 6.86. The number of nitrogens with one attached hydrogen (secondary N) is 1. The highest BCUT2D eigenvalue weighted by Crippen LogP contribution is 2.46. The summed E-state index contributed by atoms with van der Waals surface area (Å²) >= 11 is 0. The predicted octanol–water partition coefficient (Wildman–Crippen LogP) is 3.69. The lowest BCUT2D eigenvalue weighted by molar-refractivity contribution is -0.137. The van der Waals surface area contributed by atoms with Crippen LogP contribution in [0.15, 0.2) is 24.5 Å². The number of aryl methyl sites for hydroxylation is 2. The molecule has 0 bridgehead atoms. The van der Waals surface area contributed by atoms with E-state index >= 15 is 0 Å². The van der Waals surface area contributed by atoms with Crippen LogP contribution < -0.4 is 5.73 Å². The number of fused-ring (bicyclic) bond motifs is 2. The van der Waals surface area contributed by atoms with Gasteiger partial charge in [0.15, 0.2) is 0 Å². The van der Waals surface area contributed by atoms with Crippen LogP contribution in [0.5, 0.6) is 0 Å². The molecule has 31 heavy (non-hydrogen) atoms. The van der Waals surface area contributed by atoms with Crippen molar-refractivity contribution < 1.29 is 13.2 Å². The largest absolute Gasteiger partial charge is 0.419 e. The van der Waals surface area contributed by atoms with Crippen LogP contribution in [0.2, 0.25) is 0 Å². The number of nitrogen functional groups attached to an aromatic ring is 1. The zero-order chi connectivity index (χ0) is 22.0. The Morgan fingerprint density at radius 1 is 1.19 bits per heavy atom. The maximum atomic E-state index is 13.3. The van der Waals surface area contributed by atoms with Gasteiger partial charge >= 0.3 is 6.18 Å². The molecule has 3 N–H and O–H groups in total. The minimum atomic E-state index is -4.55. The monoisotopic (exact) mass is 431 g/mol. The molecule has 1 spiro atoms. The van der Waals surface area contributed by atoms with E-state index in [1.54, 1.807) is 0 Å². The van der Waals surface area contributed by atoms with Gasteiger partial charge in [-0.25, -0.2) is 4.98 Å². The third-order valence-corrected chi connectivity index (χ3v) is 6.86. The van der Waals surface area contributed by atoms with Gasteiger partial charge in [0.25, 0.3) is 0 Å². The summed E-state index contributed by atoms with van der Waals surface area (Å²) in [6, 6.07) is 3.18. The van der Waals surface area contributed by atoms with E-state index in [0.717, 1.165) is 55.5 Å². The molecule has 10 heteroatoms. The summed E-state index contributed by atoms with van der Waals surface area (Å²) in [6.45, 7) is 6.81. The summed E-state index contributed by atoms with van der Waals surface area (Å²) in [5.74, 6) is -0.519. The molecule has 0 amide bonds. The van der Waals surface area contributed by atoms with Crippen LogP contribution in [-0.2, 0) is 18.1 Å². The first-order chi connectivity index (χ1) is 14.7. The van der Waals surface area contributed by atoms with E-state index in [2.05, 4.69) is 32.1 Å². The Labute approximate surface area is 177 Å². The quantitative estimate of drug-likeness (QED) is 0.660. The van der Waals surface area contributed by atoms with Gasteiger partial charge in [0.05, 0.1) is 23.1 Å². The van der Waals surface area contributed by atoms with E-state index in [1.165, 1.54) is 6.20 Å². The third kappa shape index (κ3) is 3.20. The molecule has 0 saturated carbocycles. The van der Waals surface area contributed by atoms with Gasteiger partial charge in [-0.3, -0.25) is 14.7 Å². The number of aromatic nitrogens is 5. The van der Waals surface area contributed by atoms with Gasteiger partial charge in [0.1, 0.15) is 5.82 Å². The number of hydrogen-bond donors (Lipinski definition) is 2. The first-order valence-electron chi connectivity index (χ1n) is 10.3. The minimum absolute atomic E-state index is 0.0401. The second-order valence-corrected chi connectivity index (χ2v) is 8.69. The van der Waals surface area contributed by atoms with E-state index in [4.69, 9.17) is 5.73 Å². The van der Waals surface area contributed by atoms with E-state index in [0.29, 0.717) is 11.3 Å². The smallest absolute Gasteiger partial charge is 0.383 e. The average molecular weight is 431 g/mol. The molecule has 2 atom stereocenters. The lowest BCUT2D eigenvalue weighted by atomic mass is 9.82. The van der Waals surface area contributed by atoms with E-state index in [1.807, 2.05) is 23.9 Å². The molecule has 5 rings (SSSR count). The van der Waals surface area contributed by atoms with Gasteiger partial charge in [-0.05, 0) is 50.9 Å². The molecule has 1 saturated heterocycles. The molecule has 3 aromatic heterocycles. The molecule has 1 fully saturated rings. The molecule has 164 valence electrons. The van der Waals surface area contributed by atoms with Crippen molar-refractivity contribution in [3.05, 3.63) is 47.0 Å². The van der Waals surface area contributed by atoms with Crippen LogP contribution in [0.3, 0.4) is 0 Å². The molecule has 1 unspecified atom stereocenters. The highest BCUT2D eigenvalue weighted by molar-refractivity contribution is 5.63. The number of anilines is 1. The molecular weight excluding hydrogens is 407 g/mol. The number of halogens is 3. The number of alkyl halides is 3. The highest BCUT2D eigenvalue weighted by atomic mass is 19.4. The van der Waals surface area contributed by atoms with Crippen LogP contribution in [0.25, 0.3) is 11.3 Å². The van der Waals surface area contributed by atoms with Gasteiger partial charge < -0.3 is 5.73 Å². The highest BCUT2D eigenvalue weighted by Gasteiger charge is 2.47. The van der Waals surface area contributed by atoms with E-state index < -0.39 is 17.6 Å². The van der Waals surface area contributed by atoms with Crippen molar-refractivity contribution in [2.75, 3.05) is 18.8 Å². The van der Waals surface area contributed by atoms with E-state index in [9.17, 15) is 13.2 Å². The fraction of sp³-hybridized carbons (Fsp3) is 0.476. The van der Waals surface area contributed by atoms with Crippen molar-refractivity contribution in [3.63, 3.8) is 0 Å². The summed E-state index contributed by atoms with van der Waals surface area (Å²) in [5, 5.41) is 11.9. The lowest BCUT2D eigenvalue weighted by Gasteiger charge is -2.27. The number of hydrogen-bond acceptors (Lipinski definition) is 5. The summed E-state index contributed by atoms with van der Waals surface area (Å²) in [7, 11) is 0. The number of H-pyrrole nitrogens is 1. The van der Waals surface area contributed by atoms with Crippen LogP contribution in [0, 0.1) is 6.92 Å². The van der Waals surface area contributed by atoms with Gasteiger partial charge in [0, 0.05) is 42.0 Å². The van der Waals surface area contributed by atoms with Crippen LogP contribution in [-0.4, -0.2) is 43.0 Å². The molecule has 0 aliphatic carbocycles. The fourth-order valence-electron chi connectivity index (χ4n) is 5.06.